The Morgan fingerprint density at radius 3 is 2.58 bits per heavy atom. The fourth-order valence-electron chi connectivity index (χ4n) is 1.36. The maximum atomic E-state index is 11.7. The van der Waals surface area contributed by atoms with Crippen LogP contribution in [-0.4, -0.2) is 16.2 Å². The molecule has 0 spiro atoms. The summed E-state index contributed by atoms with van der Waals surface area (Å²) in [5.74, 6) is -0.751. The molecule has 1 amide bonds. The van der Waals surface area contributed by atoms with Crippen molar-refractivity contribution in [2.45, 2.75) is 0 Å². The number of amides is 1. The summed E-state index contributed by atoms with van der Waals surface area (Å²) in [6.07, 6.45) is 0. The number of hydrogen-bond acceptors (Lipinski definition) is 7. The highest BCUT2D eigenvalue weighted by atomic mass is 16.6. The minimum absolute atomic E-state index is 0.133. The number of carbonyl (C=O) groups is 1. The average molecular weight is 254 g/mol. The van der Waals surface area contributed by atoms with Crippen LogP contribution in [0.2, 0.25) is 0 Å². The van der Waals surface area contributed by atoms with Gasteiger partial charge in [-0.1, -0.05) is 0 Å². The molecule has 92 valence electrons. The first-order chi connectivity index (χ1) is 9.15. The molecule has 0 saturated heterocycles. The van der Waals surface area contributed by atoms with Crippen LogP contribution in [0.1, 0.15) is 21.6 Å². The van der Waals surface area contributed by atoms with Crippen molar-refractivity contribution in [2.24, 2.45) is 0 Å². The zero-order valence-electron chi connectivity index (χ0n) is 9.41. The first kappa shape index (κ1) is 12.1. The number of nitrogen functional groups attached to an aromatic ring is 1. The van der Waals surface area contributed by atoms with E-state index in [4.69, 9.17) is 16.3 Å². The largest absolute Gasteiger partial charge is 0.379 e. The number of carbonyl (C=O) groups excluding carboxylic acids is 1. The van der Waals surface area contributed by atoms with E-state index < -0.39 is 5.91 Å². The van der Waals surface area contributed by atoms with E-state index in [0.717, 1.165) is 0 Å². The molecule has 0 aliphatic heterocycles. The second kappa shape index (κ2) is 4.85. The van der Waals surface area contributed by atoms with Gasteiger partial charge in [-0.25, -0.2) is 4.63 Å². The molecule has 0 bridgehead atoms. The molecule has 2 aromatic rings. The van der Waals surface area contributed by atoms with Gasteiger partial charge in [-0.2, -0.15) is 10.5 Å². The van der Waals surface area contributed by atoms with Crippen molar-refractivity contribution in [1.29, 1.82) is 10.5 Å². The lowest BCUT2D eigenvalue weighted by Crippen LogP contribution is -2.14. The number of nitriles is 2. The smallest absolute Gasteiger partial charge is 0.281 e. The summed E-state index contributed by atoms with van der Waals surface area (Å²) in [5.41, 5.74) is 5.94. The summed E-state index contributed by atoms with van der Waals surface area (Å²) in [6, 6.07) is 8.02. The van der Waals surface area contributed by atoms with Crippen molar-refractivity contribution >= 4 is 17.4 Å². The van der Waals surface area contributed by atoms with Gasteiger partial charge in [0.15, 0.2) is 0 Å². The molecule has 0 fully saturated rings. The van der Waals surface area contributed by atoms with Crippen LogP contribution in [0.4, 0.5) is 11.5 Å². The number of rotatable bonds is 2. The summed E-state index contributed by atoms with van der Waals surface area (Å²) in [6.45, 7) is 0. The van der Waals surface area contributed by atoms with Crippen molar-refractivity contribution in [3.63, 3.8) is 0 Å². The van der Waals surface area contributed by atoms with Gasteiger partial charge in [0, 0.05) is 5.69 Å². The van der Waals surface area contributed by atoms with Gasteiger partial charge in [-0.15, -0.1) is 0 Å². The molecule has 1 aromatic carbocycles. The maximum Gasteiger partial charge on any atom is 0.281 e. The van der Waals surface area contributed by atoms with Crippen LogP contribution in [0.25, 0.3) is 0 Å². The zero-order valence-corrected chi connectivity index (χ0v) is 9.41. The number of anilines is 2. The molecule has 8 heteroatoms. The highest BCUT2D eigenvalue weighted by molar-refractivity contribution is 6.05. The molecule has 0 radical (unpaired) electrons. The van der Waals surface area contributed by atoms with E-state index in [1.165, 1.54) is 18.2 Å². The molecule has 0 unspecified atom stereocenters. The molecule has 0 atom stereocenters. The number of aromatic nitrogens is 2. The van der Waals surface area contributed by atoms with Gasteiger partial charge in [0.1, 0.15) is 12.1 Å². The summed E-state index contributed by atoms with van der Waals surface area (Å²) in [5, 5.41) is 26.7. The van der Waals surface area contributed by atoms with Gasteiger partial charge in [-0.3, -0.25) is 4.79 Å². The topological polar surface area (TPSA) is 142 Å². The number of hydrogen-bond donors (Lipinski definition) is 2. The van der Waals surface area contributed by atoms with E-state index in [0.29, 0.717) is 5.69 Å². The third kappa shape index (κ3) is 2.33. The Balaban J connectivity index is 2.26. The number of benzene rings is 1. The fourth-order valence-corrected chi connectivity index (χ4v) is 1.36. The van der Waals surface area contributed by atoms with Crippen molar-refractivity contribution in [3.8, 4) is 12.1 Å². The Labute approximate surface area is 107 Å². The predicted molar refractivity (Wildman–Crippen MR) is 62.5 cm³/mol. The van der Waals surface area contributed by atoms with Gasteiger partial charge in [0.25, 0.3) is 5.91 Å². The van der Waals surface area contributed by atoms with Gasteiger partial charge >= 0.3 is 0 Å². The summed E-state index contributed by atoms with van der Waals surface area (Å²) in [7, 11) is 0. The maximum absolute atomic E-state index is 11.7. The molecule has 8 nitrogen and oxygen atoms in total. The Bertz CT molecular complexity index is 722. The van der Waals surface area contributed by atoms with Gasteiger partial charge in [0.2, 0.25) is 11.5 Å². The summed E-state index contributed by atoms with van der Waals surface area (Å²) < 4.78 is 4.30. The number of nitrogens with zero attached hydrogens (tertiary/aromatic N) is 4. The van der Waals surface area contributed by atoms with Crippen LogP contribution < -0.4 is 11.1 Å². The lowest BCUT2D eigenvalue weighted by atomic mass is 10.1. The van der Waals surface area contributed by atoms with Crippen molar-refractivity contribution in [2.75, 3.05) is 11.1 Å². The molecule has 3 N–H and O–H groups in total. The minimum atomic E-state index is -0.618. The van der Waals surface area contributed by atoms with Crippen LogP contribution in [0.3, 0.4) is 0 Å². The molecule has 0 saturated carbocycles. The van der Waals surface area contributed by atoms with Crippen LogP contribution in [-0.2, 0) is 0 Å². The van der Waals surface area contributed by atoms with Gasteiger partial charge in [0.05, 0.1) is 11.1 Å². The fraction of sp³-hybridized carbons (Fsp3) is 0. The lowest BCUT2D eigenvalue weighted by molar-refractivity contribution is 0.101. The van der Waals surface area contributed by atoms with E-state index in [1.807, 2.05) is 12.1 Å². The average Bonchev–Trinajstić information content (AvgIpc) is 2.85. The molecule has 1 heterocycles. The van der Waals surface area contributed by atoms with Gasteiger partial charge < -0.3 is 11.1 Å². The zero-order chi connectivity index (χ0) is 13.8. The number of nitrogens with one attached hydrogen (secondary N) is 1. The first-order valence-corrected chi connectivity index (χ1v) is 4.99. The van der Waals surface area contributed by atoms with Crippen LogP contribution >= 0.6 is 0 Å². The van der Waals surface area contributed by atoms with Crippen LogP contribution in [0.15, 0.2) is 22.8 Å². The van der Waals surface area contributed by atoms with E-state index in [9.17, 15) is 4.79 Å². The molecule has 1 aromatic heterocycles. The molecule has 2 rings (SSSR count). The minimum Gasteiger partial charge on any atom is -0.379 e. The highest BCUT2D eigenvalue weighted by Gasteiger charge is 2.16. The third-order valence-electron chi connectivity index (χ3n) is 2.25. The van der Waals surface area contributed by atoms with E-state index in [1.54, 1.807) is 0 Å². The Morgan fingerprint density at radius 2 is 2.00 bits per heavy atom. The highest BCUT2D eigenvalue weighted by Crippen LogP contribution is 2.16. The molecular formula is C11H6N6O2. The third-order valence-corrected chi connectivity index (χ3v) is 2.25. The molecule has 0 aliphatic rings. The Hall–Kier alpha value is -3.39. The van der Waals surface area contributed by atoms with Crippen molar-refractivity contribution in [3.05, 3.63) is 35.0 Å². The van der Waals surface area contributed by atoms with E-state index in [-0.39, 0.29) is 22.6 Å². The van der Waals surface area contributed by atoms with E-state index >= 15 is 0 Å². The molecular weight excluding hydrogens is 248 g/mol. The first-order valence-electron chi connectivity index (χ1n) is 4.99. The van der Waals surface area contributed by atoms with Crippen molar-refractivity contribution in [1.82, 2.24) is 10.3 Å². The van der Waals surface area contributed by atoms with E-state index in [2.05, 4.69) is 20.3 Å². The number of nitrogens with two attached hydrogens (primary N) is 1. The molecule has 0 aliphatic carbocycles. The second-order valence-electron chi connectivity index (χ2n) is 3.44. The predicted octanol–water partition coefficient (Wildman–Crippen LogP) is 0.647. The monoisotopic (exact) mass is 254 g/mol. The van der Waals surface area contributed by atoms with Crippen molar-refractivity contribution < 1.29 is 9.42 Å². The van der Waals surface area contributed by atoms with Crippen LogP contribution in [0, 0.1) is 22.7 Å². The van der Waals surface area contributed by atoms with Crippen LogP contribution in [0.5, 0.6) is 0 Å². The van der Waals surface area contributed by atoms with Gasteiger partial charge in [-0.05, 0) is 28.5 Å². The quantitative estimate of drug-likeness (QED) is 0.800. The Kier molecular flexibility index (Phi) is 3.09. The SMILES string of the molecule is N#Cc1ccc(NC(=O)c2nonc2N)cc1C#N. The lowest BCUT2D eigenvalue weighted by Gasteiger charge is -2.03. The summed E-state index contributed by atoms with van der Waals surface area (Å²) >= 11 is 0. The summed E-state index contributed by atoms with van der Waals surface area (Å²) in [4.78, 5) is 11.7. The standard InChI is InChI=1S/C11H6N6O2/c12-4-6-1-2-8(3-7(6)5-13)15-11(18)9-10(14)17-19-16-9/h1-3H,(H2,14,17)(H,15,18). The Morgan fingerprint density at radius 1 is 1.26 bits per heavy atom. The normalized spacial score (nSPS) is 9.37. The molecule has 19 heavy (non-hydrogen) atoms. The second-order valence-corrected chi connectivity index (χ2v) is 3.44.